The zero-order valence-corrected chi connectivity index (χ0v) is 16.6. The summed E-state index contributed by atoms with van der Waals surface area (Å²) in [5, 5.41) is 21.7. The predicted molar refractivity (Wildman–Crippen MR) is 118 cm³/mol. The highest BCUT2D eigenvalue weighted by atomic mass is 16.1. The zero-order chi connectivity index (χ0) is 21.7. The Morgan fingerprint density at radius 1 is 0.700 bits per heavy atom. The summed E-state index contributed by atoms with van der Waals surface area (Å²) in [6, 6.07) is 22.8. The Kier molecular flexibility index (Phi) is 6.01. The van der Waals surface area contributed by atoms with Gasteiger partial charge in [0.05, 0.1) is 11.1 Å². The summed E-state index contributed by atoms with van der Waals surface area (Å²) in [5.41, 5.74) is 4.34. The second-order valence-electron chi connectivity index (χ2n) is 6.95. The van der Waals surface area contributed by atoms with Crippen LogP contribution in [0, 0.1) is 36.5 Å². The van der Waals surface area contributed by atoms with Gasteiger partial charge in [0.25, 0.3) is 0 Å². The zero-order valence-electron chi connectivity index (χ0n) is 16.6. The number of aryl methyl sites for hydroxylation is 2. The number of fused-ring (bicyclic) bond motifs is 2. The molecule has 4 aromatic rings. The lowest BCUT2D eigenvalue weighted by Gasteiger charge is -2.03. The quantitative estimate of drug-likeness (QED) is 0.413. The fraction of sp³-hybridized carbons (Fsp3) is 0.0769. The Bertz CT molecular complexity index is 1370. The molecule has 0 unspecified atom stereocenters. The number of carbonyl (C=O) groups excluding carboxylic acids is 2. The normalized spacial score (nSPS) is 9.87. The van der Waals surface area contributed by atoms with Crippen molar-refractivity contribution in [2.75, 3.05) is 0 Å². The van der Waals surface area contributed by atoms with E-state index in [0.717, 1.165) is 33.6 Å². The summed E-state index contributed by atoms with van der Waals surface area (Å²) in [7, 11) is 0. The van der Waals surface area contributed by atoms with Crippen LogP contribution in [0.15, 0.2) is 60.7 Å². The van der Waals surface area contributed by atoms with Gasteiger partial charge < -0.3 is 0 Å². The highest BCUT2D eigenvalue weighted by Crippen LogP contribution is 2.23. The molecular formula is C26H18N2O2. The largest absolute Gasteiger partial charge is 0.298 e. The first-order valence-corrected chi connectivity index (χ1v) is 9.29. The molecule has 0 N–H and O–H groups in total. The molecule has 0 aliphatic carbocycles. The van der Waals surface area contributed by atoms with Crippen molar-refractivity contribution in [3.8, 4) is 12.1 Å². The number of benzene rings is 4. The minimum absolute atomic E-state index is 0.352. The van der Waals surface area contributed by atoms with Crippen molar-refractivity contribution >= 4 is 34.1 Å². The Morgan fingerprint density at radius 2 is 1.33 bits per heavy atom. The molecule has 30 heavy (non-hydrogen) atoms. The van der Waals surface area contributed by atoms with Gasteiger partial charge in [0.2, 0.25) is 0 Å². The molecule has 0 aliphatic rings. The monoisotopic (exact) mass is 390 g/mol. The van der Waals surface area contributed by atoms with E-state index in [4.69, 9.17) is 10.5 Å². The SMILES string of the molecule is Cc1ccc2c(C#N)c(C)ccc2c1.N#Cc1c(C=O)ccc2cc(C=O)ccc12. The lowest BCUT2D eigenvalue weighted by Crippen LogP contribution is -1.90. The maximum absolute atomic E-state index is 10.7. The van der Waals surface area contributed by atoms with Crippen molar-refractivity contribution in [3.63, 3.8) is 0 Å². The highest BCUT2D eigenvalue weighted by molar-refractivity contribution is 5.97. The second-order valence-corrected chi connectivity index (χ2v) is 6.95. The molecule has 0 aromatic heterocycles. The molecular weight excluding hydrogens is 372 g/mol. The van der Waals surface area contributed by atoms with Crippen molar-refractivity contribution in [3.05, 3.63) is 94.0 Å². The van der Waals surface area contributed by atoms with Gasteiger partial charge in [-0.05, 0) is 47.7 Å². The fourth-order valence-corrected chi connectivity index (χ4v) is 3.37. The van der Waals surface area contributed by atoms with Gasteiger partial charge in [-0.2, -0.15) is 10.5 Å². The van der Waals surface area contributed by atoms with E-state index in [9.17, 15) is 9.59 Å². The molecule has 0 radical (unpaired) electrons. The third-order valence-corrected chi connectivity index (χ3v) is 4.95. The van der Waals surface area contributed by atoms with Gasteiger partial charge in [0.1, 0.15) is 18.4 Å². The topological polar surface area (TPSA) is 81.7 Å². The van der Waals surface area contributed by atoms with Crippen LogP contribution < -0.4 is 0 Å². The fourth-order valence-electron chi connectivity index (χ4n) is 3.37. The van der Waals surface area contributed by atoms with Gasteiger partial charge in [0, 0.05) is 16.5 Å². The first kappa shape index (κ1) is 20.5. The van der Waals surface area contributed by atoms with Crippen LogP contribution in [0.4, 0.5) is 0 Å². The molecule has 4 aromatic carbocycles. The number of aldehydes is 2. The molecule has 0 fully saturated rings. The maximum Gasteiger partial charge on any atom is 0.151 e. The Balaban J connectivity index is 0.000000172. The number of hydrogen-bond donors (Lipinski definition) is 0. The van der Waals surface area contributed by atoms with Crippen LogP contribution in [-0.4, -0.2) is 12.6 Å². The van der Waals surface area contributed by atoms with E-state index in [0.29, 0.717) is 28.4 Å². The first-order chi connectivity index (χ1) is 14.5. The summed E-state index contributed by atoms with van der Waals surface area (Å²) in [6.45, 7) is 4.03. The summed E-state index contributed by atoms with van der Waals surface area (Å²) in [6.07, 6.45) is 1.41. The van der Waals surface area contributed by atoms with Crippen LogP contribution in [0.5, 0.6) is 0 Å². The van der Waals surface area contributed by atoms with E-state index in [1.165, 1.54) is 5.56 Å². The minimum atomic E-state index is 0.352. The molecule has 4 nitrogen and oxygen atoms in total. The van der Waals surface area contributed by atoms with Crippen LogP contribution >= 0.6 is 0 Å². The molecule has 0 atom stereocenters. The lowest BCUT2D eigenvalue weighted by molar-refractivity contribution is 0.111. The first-order valence-electron chi connectivity index (χ1n) is 9.29. The van der Waals surface area contributed by atoms with Gasteiger partial charge in [-0.3, -0.25) is 9.59 Å². The number of nitriles is 2. The molecule has 0 heterocycles. The van der Waals surface area contributed by atoms with Gasteiger partial charge >= 0.3 is 0 Å². The van der Waals surface area contributed by atoms with Gasteiger partial charge in [-0.15, -0.1) is 0 Å². The van der Waals surface area contributed by atoms with Crippen molar-refractivity contribution in [1.82, 2.24) is 0 Å². The third-order valence-electron chi connectivity index (χ3n) is 4.95. The van der Waals surface area contributed by atoms with E-state index in [1.807, 2.05) is 31.2 Å². The van der Waals surface area contributed by atoms with Crippen molar-refractivity contribution in [1.29, 1.82) is 10.5 Å². The Morgan fingerprint density at radius 3 is 2.00 bits per heavy atom. The number of carbonyl (C=O) groups is 2. The van der Waals surface area contributed by atoms with E-state index < -0.39 is 0 Å². The third kappa shape index (κ3) is 3.94. The average molecular weight is 390 g/mol. The molecule has 0 saturated heterocycles. The molecule has 4 heteroatoms. The minimum Gasteiger partial charge on any atom is -0.298 e. The van der Waals surface area contributed by atoms with Gasteiger partial charge in [-0.1, -0.05) is 54.1 Å². The molecule has 144 valence electrons. The summed E-state index contributed by atoms with van der Waals surface area (Å²) in [4.78, 5) is 21.4. The Hall–Kier alpha value is -4.28. The van der Waals surface area contributed by atoms with E-state index >= 15 is 0 Å². The standard InChI is InChI=1S/C13H7NO2.C13H11N/c14-6-13-11(8-16)3-2-10-5-9(7-15)1-4-12(10)13;1-9-3-6-12-11(7-9)5-4-10(2)13(12)8-14/h1-5,7-8H;3-7H,1-2H3. The molecule has 4 rings (SSSR count). The number of nitrogens with zero attached hydrogens (tertiary/aromatic N) is 2. The molecule has 0 spiro atoms. The van der Waals surface area contributed by atoms with Crippen LogP contribution in [0.25, 0.3) is 21.5 Å². The van der Waals surface area contributed by atoms with Crippen LogP contribution in [0.2, 0.25) is 0 Å². The van der Waals surface area contributed by atoms with Crippen molar-refractivity contribution in [2.24, 2.45) is 0 Å². The summed E-state index contributed by atoms with van der Waals surface area (Å²) >= 11 is 0. The molecule has 0 bridgehead atoms. The van der Waals surface area contributed by atoms with Gasteiger partial charge in [-0.25, -0.2) is 0 Å². The van der Waals surface area contributed by atoms with E-state index in [2.05, 4.69) is 25.1 Å². The molecule has 0 saturated carbocycles. The maximum atomic E-state index is 10.7. The highest BCUT2D eigenvalue weighted by Gasteiger charge is 2.07. The molecule has 0 amide bonds. The number of hydrogen-bond acceptors (Lipinski definition) is 4. The van der Waals surface area contributed by atoms with Crippen molar-refractivity contribution < 1.29 is 9.59 Å². The van der Waals surface area contributed by atoms with E-state index in [-0.39, 0.29) is 0 Å². The van der Waals surface area contributed by atoms with Crippen LogP contribution in [0.1, 0.15) is 43.0 Å². The van der Waals surface area contributed by atoms with Crippen molar-refractivity contribution in [2.45, 2.75) is 13.8 Å². The van der Waals surface area contributed by atoms with Gasteiger partial charge in [0.15, 0.2) is 6.29 Å². The lowest BCUT2D eigenvalue weighted by atomic mass is 9.99. The number of rotatable bonds is 2. The van der Waals surface area contributed by atoms with Crippen LogP contribution in [-0.2, 0) is 0 Å². The average Bonchev–Trinajstić information content (AvgIpc) is 2.78. The van der Waals surface area contributed by atoms with Crippen LogP contribution in [0.3, 0.4) is 0 Å². The smallest absolute Gasteiger partial charge is 0.151 e. The van der Waals surface area contributed by atoms with E-state index in [1.54, 1.807) is 30.3 Å². The molecule has 0 aliphatic heterocycles. The summed E-state index contributed by atoms with van der Waals surface area (Å²) in [5.74, 6) is 0. The second kappa shape index (κ2) is 8.82. The Labute approximate surface area is 174 Å². The predicted octanol–water partition coefficient (Wildman–Crippen LogP) is 5.66. The summed E-state index contributed by atoms with van der Waals surface area (Å²) < 4.78 is 0.